The third-order valence-corrected chi connectivity index (χ3v) is 5.04. The number of likely N-dealkylation sites (tertiary alicyclic amines) is 1. The fraction of sp³-hybridized carbons (Fsp3) is 0.579. The molecule has 0 aromatic heterocycles. The molecule has 0 bridgehead atoms. The molecular weight excluding hydrogens is 340 g/mol. The number of hydrogen-bond acceptors (Lipinski definition) is 3. The van der Waals surface area contributed by atoms with E-state index in [-0.39, 0.29) is 30.9 Å². The van der Waals surface area contributed by atoms with Gasteiger partial charge in [-0.25, -0.2) is 0 Å². The van der Waals surface area contributed by atoms with Gasteiger partial charge in [0.2, 0.25) is 11.8 Å². The lowest BCUT2D eigenvalue weighted by Crippen LogP contribution is -2.40. The van der Waals surface area contributed by atoms with E-state index in [0.717, 1.165) is 24.8 Å². The van der Waals surface area contributed by atoms with Crippen LogP contribution >= 0.6 is 11.6 Å². The van der Waals surface area contributed by atoms with Crippen LogP contribution in [0.1, 0.15) is 44.2 Å². The van der Waals surface area contributed by atoms with Crippen molar-refractivity contribution in [3.63, 3.8) is 0 Å². The Morgan fingerprint density at radius 1 is 1.36 bits per heavy atom. The highest BCUT2D eigenvalue weighted by Gasteiger charge is 2.44. The van der Waals surface area contributed by atoms with Crippen molar-refractivity contribution in [3.8, 4) is 0 Å². The van der Waals surface area contributed by atoms with E-state index in [1.54, 1.807) is 22.9 Å². The number of nitrogens with zero attached hydrogens (tertiary/aromatic N) is 2. The second kappa shape index (κ2) is 9.20. The molecular formula is C19H27ClN2O3. The number of carbonyl (C=O) groups is 2. The maximum absolute atomic E-state index is 13.1. The summed E-state index contributed by atoms with van der Waals surface area (Å²) < 4.78 is 0. The van der Waals surface area contributed by atoms with Gasteiger partial charge >= 0.3 is 0 Å². The Morgan fingerprint density at radius 3 is 2.76 bits per heavy atom. The average molecular weight is 367 g/mol. The first-order chi connectivity index (χ1) is 12.0. The molecule has 2 rings (SSSR count). The summed E-state index contributed by atoms with van der Waals surface area (Å²) in [5.74, 6) is -0.544. The average Bonchev–Trinajstić information content (AvgIpc) is 2.89. The van der Waals surface area contributed by atoms with Crippen LogP contribution in [-0.4, -0.2) is 53.5 Å². The molecule has 1 fully saturated rings. The molecule has 2 atom stereocenters. The van der Waals surface area contributed by atoms with Gasteiger partial charge in [-0.2, -0.15) is 0 Å². The summed E-state index contributed by atoms with van der Waals surface area (Å²) in [4.78, 5) is 28.7. The lowest BCUT2D eigenvalue weighted by atomic mass is 9.92. The predicted molar refractivity (Wildman–Crippen MR) is 98.3 cm³/mol. The second-order valence-electron chi connectivity index (χ2n) is 6.57. The Hall–Kier alpha value is -1.59. The van der Waals surface area contributed by atoms with Gasteiger partial charge in [0.25, 0.3) is 0 Å². The first kappa shape index (κ1) is 19.7. The molecule has 1 aromatic carbocycles. The molecule has 0 saturated carbocycles. The van der Waals surface area contributed by atoms with Gasteiger partial charge < -0.3 is 14.9 Å². The van der Waals surface area contributed by atoms with Crippen LogP contribution in [-0.2, 0) is 9.59 Å². The monoisotopic (exact) mass is 366 g/mol. The van der Waals surface area contributed by atoms with Gasteiger partial charge in [0, 0.05) is 31.6 Å². The van der Waals surface area contributed by atoms with Gasteiger partial charge in [-0.05, 0) is 24.1 Å². The highest BCUT2D eigenvalue weighted by atomic mass is 35.5. The molecule has 1 N–H and O–H groups in total. The van der Waals surface area contributed by atoms with Gasteiger partial charge in [-0.3, -0.25) is 9.59 Å². The fourth-order valence-electron chi connectivity index (χ4n) is 3.48. The number of aliphatic hydroxyl groups is 1. The van der Waals surface area contributed by atoms with Crippen LogP contribution in [0.25, 0.3) is 0 Å². The SMILES string of the molecule is CCCCCN(CCO)C(=O)[C@@H]1CC(=O)N(C)[C@@H]1c1cccc(Cl)c1. The standard InChI is InChI=1S/C19H27ClN2O3/c1-3-4-5-9-22(10-11-23)19(25)16-13-17(24)21(2)18(16)14-7-6-8-15(20)12-14/h6-8,12,16,18,23H,3-5,9-11,13H2,1-2H3/t16-,18-/m1/s1. The molecule has 0 aliphatic carbocycles. The van der Waals surface area contributed by atoms with Crippen LogP contribution in [0.3, 0.4) is 0 Å². The summed E-state index contributed by atoms with van der Waals surface area (Å²) in [5.41, 5.74) is 0.872. The van der Waals surface area contributed by atoms with Crippen LogP contribution in [0, 0.1) is 5.92 Å². The van der Waals surface area contributed by atoms with Crippen LogP contribution in [0.5, 0.6) is 0 Å². The number of benzene rings is 1. The zero-order chi connectivity index (χ0) is 18.4. The molecule has 138 valence electrons. The van der Waals surface area contributed by atoms with E-state index in [9.17, 15) is 14.7 Å². The number of amides is 2. The fourth-order valence-corrected chi connectivity index (χ4v) is 3.68. The minimum absolute atomic E-state index is 0.0409. The third kappa shape index (κ3) is 4.73. The van der Waals surface area contributed by atoms with E-state index in [1.807, 2.05) is 18.2 Å². The highest BCUT2D eigenvalue weighted by Crippen LogP contribution is 2.38. The molecule has 0 unspecified atom stereocenters. The lowest BCUT2D eigenvalue weighted by molar-refractivity contribution is -0.137. The summed E-state index contributed by atoms with van der Waals surface area (Å²) in [6, 6.07) is 7.02. The molecule has 1 aromatic rings. The minimum atomic E-state index is -0.441. The maximum Gasteiger partial charge on any atom is 0.228 e. The van der Waals surface area contributed by atoms with Crippen molar-refractivity contribution in [1.29, 1.82) is 0 Å². The number of unbranched alkanes of at least 4 members (excludes halogenated alkanes) is 2. The van der Waals surface area contributed by atoms with Gasteiger partial charge in [0.15, 0.2) is 0 Å². The summed E-state index contributed by atoms with van der Waals surface area (Å²) in [7, 11) is 1.73. The van der Waals surface area contributed by atoms with Crippen LogP contribution in [0.4, 0.5) is 0 Å². The van der Waals surface area contributed by atoms with E-state index in [0.29, 0.717) is 18.1 Å². The predicted octanol–water partition coefficient (Wildman–Crippen LogP) is 2.87. The van der Waals surface area contributed by atoms with E-state index >= 15 is 0 Å². The lowest BCUT2D eigenvalue weighted by Gasteiger charge is -2.30. The molecule has 2 amide bonds. The third-order valence-electron chi connectivity index (χ3n) is 4.81. The van der Waals surface area contributed by atoms with Crippen LogP contribution in [0.15, 0.2) is 24.3 Å². The summed E-state index contributed by atoms with van der Waals surface area (Å²) in [5, 5.41) is 9.91. The van der Waals surface area contributed by atoms with E-state index < -0.39 is 5.92 Å². The maximum atomic E-state index is 13.1. The Labute approximate surface area is 154 Å². The summed E-state index contributed by atoms with van der Waals surface area (Å²) >= 11 is 6.10. The number of halogens is 1. The van der Waals surface area contributed by atoms with Crippen molar-refractivity contribution >= 4 is 23.4 Å². The Balaban J connectivity index is 2.23. The highest BCUT2D eigenvalue weighted by molar-refractivity contribution is 6.30. The molecule has 1 aliphatic heterocycles. The zero-order valence-electron chi connectivity index (χ0n) is 14.9. The number of carbonyl (C=O) groups excluding carboxylic acids is 2. The van der Waals surface area contributed by atoms with E-state index in [1.165, 1.54) is 0 Å². The molecule has 5 nitrogen and oxygen atoms in total. The largest absolute Gasteiger partial charge is 0.395 e. The van der Waals surface area contributed by atoms with Crippen molar-refractivity contribution in [2.24, 2.45) is 5.92 Å². The number of rotatable bonds is 8. The zero-order valence-corrected chi connectivity index (χ0v) is 15.7. The van der Waals surface area contributed by atoms with Gasteiger partial charge in [-0.15, -0.1) is 0 Å². The molecule has 1 heterocycles. The molecule has 0 spiro atoms. The van der Waals surface area contributed by atoms with Gasteiger partial charge in [0.1, 0.15) is 0 Å². The normalized spacial score (nSPS) is 20.2. The Kier molecular flexibility index (Phi) is 7.26. The molecule has 0 radical (unpaired) electrons. The smallest absolute Gasteiger partial charge is 0.228 e. The summed E-state index contributed by atoms with van der Waals surface area (Å²) in [6.07, 6.45) is 3.20. The van der Waals surface area contributed by atoms with Crippen molar-refractivity contribution in [3.05, 3.63) is 34.9 Å². The first-order valence-electron chi connectivity index (χ1n) is 8.90. The quantitative estimate of drug-likeness (QED) is 0.719. The topological polar surface area (TPSA) is 60.9 Å². The molecule has 1 aliphatic rings. The van der Waals surface area contributed by atoms with Crippen molar-refractivity contribution in [1.82, 2.24) is 9.80 Å². The van der Waals surface area contributed by atoms with Crippen LogP contribution in [0.2, 0.25) is 5.02 Å². The number of hydrogen-bond donors (Lipinski definition) is 1. The van der Waals surface area contributed by atoms with Crippen molar-refractivity contribution < 1.29 is 14.7 Å². The molecule has 1 saturated heterocycles. The second-order valence-corrected chi connectivity index (χ2v) is 7.01. The molecule has 6 heteroatoms. The van der Waals surface area contributed by atoms with Crippen molar-refractivity contribution in [2.75, 3.05) is 26.7 Å². The van der Waals surface area contributed by atoms with Crippen LogP contribution < -0.4 is 0 Å². The Bertz CT molecular complexity index is 608. The number of aliphatic hydroxyl groups excluding tert-OH is 1. The Morgan fingerprint density at radius 2 is 2.12 bits per heavy atom. The van der Waals surface area contributed by atoms with E-state index in [2.05, 4.69) is 6.92 Å². The van der Waals surface area contributed by atoms with Gasteiger partial charge in [-0.1, -0.05) is 43.5 Å². The summed E-state index contributed by atoms with van der Waals surface area (Å²) in [6.45, 7) is 2.96. The minimum Gasteiger partial charge on any atom is -0.395 e. The van der Waals surface area contributed by atoms with E-state index in [4.69, 9.17) is 11.6 Å². The molecule has 25 heavy (non-hydrogen) atoms. The first-order valence-corrected chi connectivity index (χ1v) is 9.28. The van der Waals surface area contributed by atoms with Gasteiger partial charge in [0.05, 0.1) is 18.6 Å². The van der Waals surface area contributed by atoms with Crippen molar-refractivity contribution in [2.45, 2.75) is 38.6 Å².